The van der Waals surface area contributed by atoms with Gasteiger partial charge in [0.25, 0.3) is 5.69 Å². The van der Waals surface area contributed by atoms with Gasteiger partial charge >= 0.3 is 0 Å². The van der Waals surface area contributed by atoms with Crippen LogP contribution in [0.25, 0.3) is 15.8 Å². The maximum atomic E-state index is 12.5. The van der Waals surface area contributed by atoms with Gasteiger partial charge in [-0.25, -0.2) is 4.98 Å². The summed E-state index contributed by atoms with van der Waals surface area (Å²) in [6.45, 7) is 1.34. The Morgan fingerprint density at radius 2 is 2.07 bits per heavy atom. The third-order valence-corrected chi connectivity index (χ3v) is 6.73. The lowest BCUT2D eigenvalue weighted by Crippen LogP contribution is -2.35. The minimum atomic E-state index is -0.414. The number of carbonyl (C=O) groups is 1. The average Bonchev–Trinajstić information content (AvgIpc) is 3.15. The monoisotopic (exact) mass is 411 g/mol. The molecule has 0 radical (unpaired) electrons. The first-order valence-electron chi connectivity index (χ1n) is 8.80. The van der Waals surface area contributed by atoms with Crippen molar-refractivity contribution in [3.63, 3.8) is 0 Å². The molecule has 2 aromatic carbocycles. The number of fused-ring (bicyclic) bond motifs is 1. The van der Waals surface area contributed by atoms with Gasteiger partial charge in [-0.15, -0.1) is 11.3 Å². The molecule has 6 nitrogen and oxygen atoms in total. The lowest BCUT2D eigenvalue weighted by atomic mass is 10.00. The predicted octanol–water partition coefficient (Wildman–Crippen LogP) is 4.61. The van der Waals surface area contributed by atoms with E-state index < -0.39 is 4.92 Å². The van der Waals surface area contributed by atoms with Gasteiger partial charge in [0.05, 0.1) is 20.9 Å². The molecule has 1 amide bonds. The van der Waals surface area contributed by atoms with Gasteiger partial charge in [0.15, 0.2) is 4.34 Å². The third kappa shape index (κ3) is 4.07. The van der Waals surface area contributed by atoms with Crippen LogP contribution in [0, 0.1) is 10.1 Å². The molecular formula is C20H17N3O3S2. The van der Waals surface area contributed by atoms with E-state index in [0.29, 0.717) is 18.8 Å². The first kappa shape index (κ1) is 18.6. The molecule has 0 fully saturated rings. The van der Waals surface area contributed by atoms with E-state index >= 15 is 0 Å². The number of nitro groups is 1. The average molecular weight is 412 g/mol. The zero-order chi connectivity index (χ0) is 19.5. The Kier molecular flexibility index (Phi) is 5.40. The van der Waals surface area contributed by atoms with Crippen LogP contribution in [0.5, 0.6) is 0 Å². The normalized spacial score (nSPS) is 14.1. The summed E-state index contributed by atoms with van der Waals surface area (Å²) < 4.78 is 1.51. The molecule has 0 atom stereocenters. The highest BCUT2D eigenvalue weighted by Crippen LogP contribution is 2.32. The van der Waals surface area contributed by atoms with Gasteiger partial charge in [-0.1, -0.05) is 48.2 Å². The highest BCUT2D eigenvalue weighted by atomic mass is 32.2. The molecule has 8 heteroatoms. The Morgan fingerprint density at radius 3 is 2.79 bits per heavy atom. The van der Waals surface area contributed by atoms with Crippen molar-refractivity contribution in [3.05, 3.63) is 70.3 Å². The Labute approximate surface area is 170 Å². The van der Waals surface area contributed by atoms with Crippen molar-refractivity contribution >= 4 is 50.5 Å². The Bertz CT molecular complexity index is 1060. The quantitative estimate of drug-likeness (QED) is 0.348. The number of thiazole rings is 1. The van der Waals surface area contributed by atoms with E-state index in [9.17, 15) is 14.9 Å². The summed E-state index contributed by atoms with van der Waals surface area (Å²) in [5.74, 6) is 0.398. The summed E-state index contributed by atoms with van der Waals surface area (Å²) in [6, 6.07) is 14.9. The zero-order valence-corrected chi connectivity index (χ0v) is 16.5. The van der Waals surface area contributed by atoms with Crippen LogP contribution in [-0.4, -0.2) is 39.6 Å². The maximum absolute atomic E-state index is 12.5. The number of hydrogen-bond acceptors (Lipinski definition) is 6. The van der Waals surface area contributed by atoms with Gasteiger partial charge in [-0.3, -0.25) is 14.9 Å². The first-order valence-corrected chi connectivity index (χ1v) is 10.6. The molecule has 0 spiro atoms. The van der Waals surface area contributed by atoms with E-state index in [0.717, 1.165) is 21.0 Å². The molecule has 3 aromatic rings. The fourth-order valence-corrected chi connectivity index (χ4v) is 5.10. The number of amides is 1. The Morgan fingerprint density at radius 1 is 1.25 bits per heavy atom. The summed E-state index contributed by atoms with van der Waals surface area (Å²) in [6.07, 6.45) is 2.98. The van der Waals surface area contributed by atoms with Gasteiger partial charge in [0.2, 0.25) is 5.91 Å². The number of thioether (sulfide) groups is 1. The molecule has 0 unspecified atom stereocenters. The molecule has 0 bridgehead atoms. The van der Waals surface area contributed by atoms with Gasteiger partial charge in [0.1, 0.15) is 0 Å². The van der Waals surface area contributed by atoms with E-state index in [4.69, 9.17) is 0 Å². The molecule has 0 saturated heterocycles. The van der Waals surface area contributed by atoms with Crippen molar-refractivity contribution in [2.24, 2.45) is 0 Å². The summed E-state index contributed by atoms with van der Waals surface area (Å²) >= 11 is 2.76. The molecule has 0 saturated carbocycles. The first-order chi connectivity index (χ1) is 13.6. The second kappa shape index (κ2) is 8.12. The van der Waals surface area contributed by atoms with Crippen LogP contribution in [-0.2, 0) is 4.79 Å². The molecule has 142 valence electrons. The van der Waals surface area contributed by atoms with Gasteiger partial charge in [-0.05, 0) is 23.6 Å². The molecule has 4 rings (SSSR count). The molecule has 1 aromatic heterocycles. The van der Waals surface area contributed by atoms with E-state index in [1.807, 2.05) is 23.1 Å². The second-order valence-electron chi connectivity index (χ2n) is 6.36. The van der Waals surface area contributed by atoms with Crippen molar-refractivity contribution in [2.45, 2.75) is 10.8 Å². The van der Waals surface area contributed by atoms with Crippen LogP contribution in [0.2, 0.25) is 0 Å². The van der Waals surface area contributed by atoms with Crippen molar-refractivity contribution in [1.82, 2.24) is 9.88 Å². The number of rotatable bonds is 5. The van der Waals surface area contributed by atoms with Crippen LogP contribution >= 0.6 is 23.1 Å². The van der Waals surface area contributed by atoms with Crippen molar-refractivity contribution in [2.75, 3.05) is 18.8 Å². The zero-order valence-electron chi connectivity index (χ0n) is 14.9. The fraction of sp³-hybridized carbons (Fsp3) is 0.200. The fourth-order valence-electron chi connectivity index (χ4n) is 3.09. The molecule has 28 heavy (non-hydrogen) atoms. The lowest BCUT2D eigenvalue weighted by Gasteiger charge is -2.26. The molecule has 0 N–H and O–H groups in total. The van der Waals surface area contributed by atoms with E-state index in [2.05, 4.69) is 23.2 Å². The molecule has 0 aliphatic carbocycles. The van der Waals surface area contributed by atoms with Gasteiger partial charge in [-0.2, -0.15) is 0 Å². The molecular weight excluding hydrogens is 394 g/mol. The molecule has 2 heterocycles. The van der Waals surface area contributed by atoms with E-state index in [1.54, 1.807) is 6.07 Å². The minimum absolute atomic E-state index is 0.0538. The van der Waals surface area contributed by atoms with Crippen LogP contribution in [0.4, 0.5) is 5.69 Å². The number of nitrogens with zero attached hydrogens (tertiary/aromatic N) is 3. The van der Waals surface area contributed by atoms with E-state index in [1.165, 1.54) is 46.4 Å². The number of carbonyl (C=O) groups excluding carboxylic acids is 1. The topological polar surface area (TPSA) is 76.3 Å². The summed E-state index contributed by atoms with van der Waals surface area (Å²) in [5, 5.41) is 10.9. The largest absolute Gasteiger partial charge is 0.338 e. The minimum Gasteiger partial charge on any atom is -0.338 e. The van der Waals surface area contributed by atoms with Gasteiger partial charge < -0.3 is 4.90 Å². The number of benzene rings is 2. The summed E-state index contributed by atoms with van der Waals surface area (Å²) in [5.41, 5.74) is 3.27. The summed E-state index contributed by atoms with van der Waals surface area (Å²) in [4.78, 5) is 29.3. The smallest absolute Gasteiger partial charge is 0.270 e. The van der Waals surface area contributed by atoms with Crippen molar-refractivity contribution in [1.29, 1.82) is 0 Å². The number of non-ortho nitro benzene ring substituents is 1. The predicted molar refractivity (Wildman–Crippen MR) is 113 cm³/mol. The third-order valence-electron chi connectivity index (χ3n) is 4.59. The van der Waals surface area contributed by atoms with Crippen LogP contribution in [0.3, 0.4) is 0 Å². The summed E-state index contributed by atoms with van der Waals surface area (Å²) in [7, 11) is 0. The lowest BCUT2D eigenvalue weighted by molar-refractivity contribution is -0.384. The highest BCUT2D eigenvalue weighted by molar-refractivity contribution is 8.01. The Hall–Kier alpha value is -2.71. The highest BCUT2D eigenvalue weighted by Gasteiger charge is 2.19. The number of hydrogen-bond donors (Lipinski definition) is 0. The molecule has 1 aliphatic heterocycles. The van der Waals surface area contributed by atoms with Crippen LogP contribution in [0.1, 0.15) is 12.0 Å². The number of aromatic nitrogens is 1. The SMILES string of the molecule is O=C(CSc1nc2ccc([N+](=O)[O-])cc2s1)N1CC=C(c2ccccc2)CC1. The van der Waals surface area contributed by atoms with Crippen LogP contribution < -0.4 is 0 Å². The second-order valence-corrected chi connectivity index (χ2v) is 8.62. The van der Waals surface area contributed by atoms with Gasteiger partial charge in [0, 0.05) is 25.2 Å². The van der Waals surface area contributed by atoms with Crippen LogP contribution in [0.15, 0.2) is 58.9 Å². The number of nitro benzene ring substituents is 1. The standard InChI is InChI=1S/C20H17N3O3S2/c24-19(22-10-8-15(9-11-22)14-4-2-1-3-5-14)13-27-20-21-17-7-6-16(23(25)26)12-18(17)28-20/h1-8,12H,9-11,13H2. The molecule has 1 aliphatic rings. The van der Waals surface area contributed by atoms with E-state index in [-0.39, 0.29) is 11.6 Å². The van der Waals surface area contributed by atoms with Crippen molar-refractivity contribution in [3.8, 4) is 0 Å². The Balaban J connectivity index is 1.36. The van der Waals surface area contributed by atoms with Crippen molar-refractivity contribution < 1.29 is 9.72 Å². The maximum Gasteiger partial charge on any atom is 0.270 e.